The summed E-state index contributed by atoms with van der Waals surface area (Å²) >= 11 is 0. The lowest BCUT2D eigenvalue weighted by atomic mass is 9.75. The number of halogens is 1. The number of piperidine rings is 1. The van der Waals surface area contributed by atoms with Gasteiger partial charge in [0.25, 0.3) is 5.91 Å². The monoisotopic (exact) mass is 371 g/mol. The van der Waals surface area contributed by atoms with Crippen molar-refractivity contribution in [3.63, 3.8) is 0 Å². The van der Waals surface area contributed by atoms with Gasteiger partial charge in [-0.2, -0.15) is 0 Å². The van der Waals surface area contributed by atoms with Crippen LogP contribution in [0.4, 0.5) is 4.39 Å². The number of hydrogen-bond donors (Lipinski definition) is 1. The summed E-state index contributed by atoms with van der Waals surface area (Å²) in [5, 5.41) is 10.1. The van der Waals surface area contributed by atoms with Gasteiger partial charge in [0.05, 0.1) is 13.7 Å². The fourth-order valence-corrected chi connectivity index (χ4v) is 3.89. The summed E-state index contributed by atoms with van der Waals surface area (Å²) in [4.78, 5) is 14.8. The van der Waals surface area contributed by atoms with E-state index in [1.165, 1.54) is 6.07 Å². The van der Waals surface area contributed by atoms with Crippen LogP contribution in [-0.2, 0) is 6.42 Å². The molecule has 0 saturated carbocycles. The first-order valence-corrected chi connectivity index (χ1v) is 9.26. The van der Waals surface area contributed by atoms with E-state index in [-0.39, 0.29) is 18.3 Å². The SMILES string of the molecule is COc1cc(C(=O)N2CCC[C@@](CO)(Cc3ccccc3F)C2)ccc1C. The van der Waals surface area contributed by atoms with Gasteiger partial charge in [-0.05, 0) is 55.5 Å². The molecule has 1 fully saturated rings. The topological polar surface area (TPSA) is 49.8 Å². The first-order chi connectivity index (χ1) is 13.0. The Bertz CT molecular complexity index is 823. The fraction of sp³-hybridized carbons (Fsp3) is 0.409. The van der Waals surface area contributed by atoms with Crippen LogP contribution in [0.2, 0.25) is 0 Å². The van der Waals surface area contributed by atoms with Gasteiger partial charge in [-0.1, -0.05) is 24.3 Å². The maximum Gasteiger partial charge on any atom is 0.254 e. The van der Waals surface area contributed by atoms with Crippen LogP contribution < -0.4 is 4.74 Å². The summed E-state index contributed by atoms with van der Waals surface area (Å²) in [6.07, 6.45) is 1.96. The van der Waals surface area contributed by atoms with E-state index in [0.717, 1.165) is 18.4 Å². The molecule has 1 atom stereocenters. The minimum Gasteiger partial charge on any atom is -0.496 e. The second-order valence-electron chi connectivity index (χ2n) is 7.44. The quantitative estimate of drug-likeness (QED) is 0.874. The highest BCUT2D eigenvalue weighted by Gasteiger charge is 2.37. The second kappa shape index (κ2) is 8.09. The van der Waals surface area contributed by atoms with E-state index in [0.29, 0.717) is 36.4 Å². The summed E-state index contributed by atoms with van der Waals surface area (Å²) in [6, 6.07) is 12.1. The minimum atomic E-state index is -0.523. The maximum absolute atomic E-state index is 14.1. The van der Waals surface area contributed by atoms with Crippen LogP contribution in [0.3, 0.4) is 0 Å². The van der Waals surface area contributed by atoms with Gasteiger partial charge in [0, 0.05) is 24.1 Å². The van der Waals surface area contributed by atoms with Crippen LogP contribution in [0.15, 0.2) is 42.5 Å². The molecular formula is C22H26FNO3. The highest BCUT2D eigenvalue weighted by molar-refractivity contribution is 5.94. The fourth-order valence-electron chi connectivity index (χ4n) is 3.89. The lowest BCUT2D eigenvalue weighted by Gasteiger charge is -2.42. The smallest absolute Gasteiger partial charge is 0.254 e. The number of ether oxygens (including phenoxy) is 1. The maximum atomic E-state index is 14.1. The molecule has 1 saturated heterocycles. The molecule has 1 amide bonds. The van der Waals surface area contributed by atoms with E-state index in [4.69, 9.17) is 4.74 Å². The molecule has 3 rings (SSSR count). The van der Waals surface area contributed by atoms with E-state index >= 15 is 0 Å². The number of likely N-dealkylation sites (tertiary alicyclic amines) is 1. The van der Waals surface area contributed by atoms with Crippen LogP contribution in [0.1, 0.15) is 34.3 Å². The number of benzene rings is 2. The summed E-state index contributed by atoms with van der Waals surface area (Å²) in [7, 11) is 1.59. The van der Waals surface area contributed by atoms with Crippen LogP contribution in [0.5, 0.6) is 5.75 Å². The number of carbonyl (C=O) groups is 1. The Morgan fingerprint density at radius 2 is 2.07 bits per heavy atom. The number of aliphatic hydroxyl groups excluding tert-OH is 1. The highest BCUT2D eigenvalue weighted by atomic mass is 19.1. The van der Waals surface area contributed by atoms with Gasteiger partial charge in [0.1, 0.15) is 11.6 Å². The number of aliphatic hydroxyl groups is 1. The molecule has 0 radical (unpaired) electrons. The van der Waals surface area contributed by atoms with Crippen LogP contribution >= 0.6 is 0 Å². The molecule has 0 spiro atoms. The third-order valence-electron chi connectivity index (χ3n) is 5.46. The molecular weight excluding hydrogens is 345 g/mol. The van der Waals surface area contributed by atoms with Gasteiger partial charge in [0.15, 0.2) is 0 Å². The van der Waals surface area contributed by atoms with Gasteiger partial charge < -0.3 is 14.7 Å². The zero-order chi connectivity index (χ0) is 19.4. The number of aryl methyl sites for hydroxylation is 1. The van der Waals surface area contributed by atoms with E-state index in [2.05, 4.69) is 0 Å². The molecule has 2 aromatic rings. The van der Waals surface area contributed by atoms with E-state index in [1.807, 2.05) is 13.0 Å². The largest absolute Gasteiger partial charge is 0.496 e. The molecule has 0 aliphatic carbocycles. The molecule has 0 unspecified atom stereocenters. The van der Waals surface area contributed by atoms with Crippen LogP contribution in [0.25, 0.3) is 0 Å². The van der Waals surface area contributed by atoms with E-state index < -0.39 is 5.41 Å². The van der Waals surface area contributed by atoms with E-state index in [1.54, 1.807) is 42.3 Å². The third-order valence-corrected chi connectivity index (χ3v) is 5.46. The molecule has 27 heavy (non-hydrogen) atoms. The average molecular weight is 371 g/mol. The van der Waals surface area contributed by atoms with Gasteiger partial charge in [-0.25, -0.2) is 4.39 Å². The molecule has 0 aromatic heterocycles. The number of rotatable bonds is 5. The first-order valence-electron chi connectivity index (χ1n) is 9.26. The van der Waals surface area contributed by atoms with Crippen molar-refractivity contribution in [3.05, 3.63) is 65.0 Å². The van der Waals surface area contributed by atoms with Crippen molar-refractivity contribution in [2.75, 3.05) is 26.8 Å². The second-order valence-corrected chi connectivity index (χ2v) is 7.44. The lowest BCUT2D eigenvalue weighted by Crippen LogP contribution is -2.49. The molecule has 1 heterocycles. The average Bonchev–Trinajstić information content (AvgIpc) is 2.70. The normalized spacial score (nSPS) is 19.8. The standard InChI is InChI=1S/C22H26FNO3/c1-16-8-9-17(12-20(16)27-2)21(26)24-11-5-10-22(14-24,15-25)13-18-6-3-4-7-19(18)23/h3-4,6-9,12,25H,5,10-11,13-15H2,1-2H3/t22-/m1/s1. The van der Waals surface area contributed by atoms with Gasteiger partial charge in [-0.15, -0.1) is 0 Å². The van der Waals surface area contributed by atoms with Crippen LogP contribution in [0, 0.1) is 18.2 Å². The number of carbonyl (C=O) groups excluding carboxylic acids is 1. The van der Waals surface area contributed by atoms with Crippen molar-refractivity contribution >= 4 is 5.91 Å². The molecule has 4 nitrogen and oxygen atoms in total. The Balaban J connectivity index is 1.81. The first kappa shape index (κ1) is 19.4. The Hall–Kier alpha value is -2.40. The van der Waals surface area contributed by atoms with Crippen molar-refractivity contribution in [1.29, 1.82) is 0 Å². The van der Waals surface area contributed by atoms with Crippen molar-refractivity contribution in [2.45, 2.75) is 26.2 Å². The van der Waals surface area contributed by atoms with Crippen molar-refractivity contribution < 1.29 is 19.0 Å². The highest BCUT2D eigenvalue weighted by Crippen LogP contribution is 2.35. The number of hydrogen-bond acceptors (Lipinski definition) is 3. The van der Waals surface area contributed by atoms with Gasteiger partial charge in [-0.3, -0.25) is 4.79 Å². The van der Waals surface area contributed by atoms with Gasteiger partial charge in [0.2, 0.25) is 0 Å². The summed E-state index contributed by atoms with van der Waals surface area (Å²) in [5.74, 6) is 0.328. The predicted octanol–water partition coefficient (Wildman–Crippen LogP) is 3.60. The third kappa shape index (κ3) is 4.14. The van der Waals surface area contributed by atoms with Crippen molar-refractivity contribution in [1.82, 2.24) is 4.90 Å². The Morgan fingerprint density at radius 3 is 2.78 bits per heavy atom. The Kier molecular flexibility index (Phi) is 5.80. The van der Waals surface area contributed by atoms with Gasteiger partial charge >= 0.3 is 0 Å². The molecule has 144 valence electrons. The molecule has 1 N–H and O–H groups in total. The molecule has 1 aliphatic heterocycles. The minimum absolute atomic E-state index is 0.0810. The summed E-state index contributed by atoms with van der Waals surface area (Å²) in [5.41, 5.74) is 1.59. The number of methoxy groups -OCH3 is 1. The Labute approximate surface area is 159 Å². The predicted molar refractivity (Wildman–Crippen MR) is 102 cm³/mol. The number of amides is 1. The van der Waals surface area contributed by atoms with Crippen molar-refractivity contribution in [2.24, 2.45) is 5.41 Å². The number of nitrogens with zero attached hydrogens (tertiary/aromatic N) is 1. The van der Waals surface area contributed by atoms with E-state index in [9.17, 15) is 14.3 Å². The molecule has 1 aliphatic rings. The summed E-state index contributed by atoms with van der Waals surface area (Å²) in [6.45, 7) is 2.89. The summed E-state index contributed by atoms with van der Waals surface area (Å²) < 4.78 is 19.4. The molecule has 2 aromatic carbocycles. The molecule has 0 bridgehead atoms. The lowest BCUT2D eigenvalue weighted by molar-refractivity contribution is 0.0268. The van der Waals surface area contributed by atoms with Crippen molar-refractivity contribution in [3.8, 4) is 5.75 Å². The Morgan fingerprint density at radius 1 is 1.30 bits per heavy atom. The molecule has 5 heteroatoms. The zero-order valence-corrected chi connectivity index (χ0v) is 15.9. The van der Waals surface area contributed by atoms with Crippen LogP contribution in [-0.4, -0.2) is 42.7 Å². The zero-order valence-electron chi connectivity index (χ0n) is 15.9.